The lowest BCUT2D eigenvalue weighted by Crippen LogP contribution is -2.45. The van der Waals surface area contributed by atoms with Crippen molar-refractivity contribution in [1.82, 2.24) is 10.3 Å². The third kappa shape index (κ3) is 3.99. The molecule has 0 aliphatic heterocycles. The number of aromatic nitrogens is 1. The van der Waals surface area contributed by atoms with Crippen LogP contribution >= 0.6 is 11.8 Å². The minimum absolute atomic E-state index is 0.0189. The van der Waals surface area contributed by atoms with Gasteiger partial charge in [0.15, 0.2) is 0 Å². The topological polar surface area (TPSA) is 62.2 Å². The first-order valence-corrected chi connectivity index (χ1v) is 8.31. The van der Waals surface area contributed by atoms with E-state index < -0.39 is 0 Å². The lowest BCUT2D eigenvalue weighted by Gasteiger charge is -2.40. The van der Waals surface area contributed by atoms with Crippen molar-refractivity contribution in [2.24, 2.45) is 0 Å². The van der Waals surface area contributed by atoms with E-state index in [0.29, 0.717) is 24.2 Å². The molecule has 5 heteroatoms. The van der Waals surface area contributed by atoms with Gasteiger partial charge in [0.1, 0.15) is 5.69 Å². The molecule has 1 fully saturated rings. The van der Waals surface area contributed by atoms with Gasteiger partial charge in [-0.25, -0.2) is 4.98 Å². The predicted octanol–water partition coefficient (Wildman–Crippen LogP) is 1.83. The van der Waals surface area contributed by atoms with Crippen LogP contribution in [0.3, 0.4) is 0 Å². The standard InChI is InChI=1S/C16H20N2O2S/c1-21-16(8-5-9-16)12-18-15(20)14-13(6-2-3-11-19)7-4-10-17-14/h4,7,10,19H,3,5,8-9,11-12H2,1H3,(H,18,20). The highest BCUT2D eigenvalue weighted by Gasteiger charge is 2.36. The first kappa shape index (κ1) is 15.9. The van der Waals surface area contributed by atoms with E-state index in [-0.39, 0.29) is 17.3 Å². The Morgan fingerprint density at radius 2 is 2.38 bits per heavy atom. The zero-order valence-corrected chi connectivity index (χ0v) is 13.0. The molecular weight excluding hydrogens is 284 g/mol. The third-order valence-corrected chi connectivity index (χ3v) is 5.17. The summed E-state index contributed by atoms with van der Waals surface area (Å²) in [5.41, 5.74) is 0.966. The fourth-order valence-corrected chi connectivity index (χ4v) is 3.16. The van der Waals surface area contributed by atoms with E-state index in [9.17, 15) is 4.79 Å². The maximum Gasteiger partial charge on any atom is 0.271 e. The van der Waals surface area contributed by atoms with Gasteiger partial charge in [-0.3, -0.25) is 4.79 Å². The van der Waals surface area contributed by atoms with E-state index >= 15 is 0 Å². The molecule has 1 heterocycles. The second-order valence-corrected chi connectivity index (χ2v) is 6.37. The average molecular weight is 304 g/mol. The van der Waals surface area contributed by atoms with Crippen LogP contribution in [0.2, 0.25) is 0 Å². The van der Waals surface area contributed by atoms with E-state index in [1.54, 1.807) is 18.3 Å². The molecule has 0 bridgehead atoms. The Labute approximate surface area is 129 Å². The molecule has 0 spiro atoms. The Hall–Kier alpha value is -1.51. The number of aliphatic hydroxyl groups is 1. The van der Waals surface area contributed by atoms with E-state index in [2.05, 4.69) is 28.4 Å². The summed E-state index contributed by atoms with van der Waals surface area (Å²) in [5.74, 6) is 5.55. The van der Waals surface area contributed by atoms with Crippen LogP contribution in [0.4, 0.5) is 0 Å². The van der Waals surface area contributed by atoms with Crippen LogP contribution in [0.25, 0.3) is 0 Å². The van der Waals surface area contributed by atoms with Crippen LogP contribution in [-0.2, 0) is 0 Å². The first-order valence-electron chi connectivity index (χ1n) is 7.09. The number of aliphatic hydroxyl groups excluding tert-OH is 1. The molecule has 0 radical (unpaired) electrons. The molecule has 21 heavy (non-hydrogen) atoms. The number of carbonyl (C=O) groups is 1. The summed E-state index contributed by atoms with van der Waals surface area (Å²) in [6.45, 7) is 0.693. The Balaban J connectivity index is 2.04. The SMILES string of the molecule is CSC1(CNC(=O)c2ncccc2C#CCCO)CCC1. The van der Waals surface area contributed by atoms with Gasteiger partial charge in [0.25, 0.3) is 5.91 Å². The maximum absolute atomic E-state index is 12.3. The molecule has 112 valence electrons. The summed E-state index contributed by atoms with van der Waals surface area (Å²) in [5, 5.41) is 11.7. The number of thioether (sulfide) groups is 1. The summed E-state index contributed by atoms with van der Waals surface area (Å²) in [4.78, 5) is 16.4. The average Bonchev–Trinajstić information content (AvgIpc) is 2.47. The Morgan fingerprint density at radius 3 is 3.00 bits per heavy atom. The zero-order chi connectivity index (χ0) is 15.1. The van der Waals surface area contributed by atoms with Crippen LogP contribution in [0, 0.1) is 11.8 Å². The Bertz CT molecular complexity index is 553. The van der Waals surface area contributed by atoms with Crippen molar-refractivity contribution in [1.29, 1.82) is 0 Å². The number of hydrogen-bond acceptors (Lipinski definition) is 4. The number of pyridine rings is 1. The number of amides is 1. The highest BCUT2D eigenvalue weighted by molar-refractivity contribution is 8.00. The maximum atomic E-state index is 12.3. The molecule has 0 unspecified atom stereocenters. The van der Waals surface area contributed by atoms with Gasteiger partial charge in [-0.15, -0.1) is 0 Å². The van der Waals surface area contributed by atoms with Gasteiger partial charge >= 0.3 is 0 Å². The first-order chi connectivity index (χ1) is 10.2. The molecule has 1 aromatic rings. The molecule has 4 nitrogen and oxygen atoms in total. The van der Waals surface area contributed by atoms with Crippen molar-refractivity contribution in [3.05, 3.63) is 29.6 Å². The molecule has 0 aromatic carbocycles. The van der Waals surface area contributed by atoms with E-state index in [1.807, 2.05) is 11.8 Å². The predicted molar refractivity (Wildman–Crippen MR) is 85.2 cm³/mol. The van der Waals surface area contributed by atoms with Crippen molar-refractivity contribution in [2.45, 2.75) is 30.4 Å². The number of carbonyl (C=O) groups excluding carboxylic acids is 1. The van der Waals surface area contributed by atoms with Crippen LogP contribution in [0.15, 0.2) is 18.3 Å². The molecule has 0 saturated heterocycles. The summed E-state index contributed by atoms with van der Waals surface area (Å²) >= 11 is 1.83. The van der Waals surface area contributed by atoms with Gasteiger partial charge in [-0.2, -0.15) is 11.8 Å². The molecule has 0 atom stereocenters. The molecule has 1 aliphatic carbocycles. The Kier molecular flexibility index (Phi) is 5.66. The number of nitrogens with one attached hydrogen (secondary N) is 1. The summed E-state index contributed by atoms with van der Waals surface area (Å²) in [6, 6.07) is 3.54. The highest BCUT2D eigenvalue weighted by atomic mass is 32.2. The van der Waals surface area contributed by atoms with Crippen molar-refractivity contribution in [3.8, 4) is 11.8 Å². The van der Waals surface area contributed by atoms with Crippen LogP contribution in [0.5, 0.6) is 0 Å². The summed E-state index contributed by atoms with van der Waals surface area (Å²) in [6.07, 6.45) is 7.63. The van der Waals surface area contributed by atoms with Crippen molar-refractivity contribution in [2.75, 3.05) is 19.4 Å². The van der Waals surface area contributed by atoms with Crippen LogP contribution in [0.1, 0.15) is 41.7 Å². The lowest BCUT2D eigenvalue weighted by molar-refractivity contribution is 0.0938. The monoisotopic (exact) mass is 304 g/mol. The zero-order valence-electron chi connectivity index (χ0n) is 12.2. The molecule has 2 N–H and O–H groups in total. The summed E-state index contributed by atoms with van der Waals surface area (Å²) < 4.78 is 0.202. The minimum Gasteiger partial charge on any atom is -0.395 e. The fraction of sp³-hybridized carbons (Fsp3) is 0.500. The second kappa shape index (κ2) is 7.48. The fourth-order valence-electron chi connectivity index (χ4n) is 2.25. The second-order valence-electron chi connectivity index (χ2n) is 5.10. The molecule has 1 aliphatic rings. The largest absolute Gasteiger partial charge is 0.395 e. The van der Waals surface area contributed by atoms with Crippen molar-refractivity contribution >= 4 is 17.7 Å². The lowest BCUT2D eigenvalue weighted by atomic mass is 9.84. The van der Waals surface area contributed by atoms with Gasteiger partial charge < -0.3 is 10.4 Å². The smallest absolute Gasteiger partial charge is 0.271 e. The third-order valence-electron chi connectivity index (χ3n) is 3.75. The summed E-state index contributed by atoms with van der Waals surface area (Å²) in [7, 11) is 0. The normalized spacial score (nSPS) is 15.5. The van der Waals surface area contributed by atoms with Gasteiger partial charge in [-0.05, 0) is 31.2 Å². The number of hydrogen-bond donors (Lipinski definition) is 2. The number of rotatable bonds is 5. The molecule has 1 amide bonds. The molecular formula is C16H20N2O2S. The molecule has 1 aromatic heterocycles. The van der Waals surface area contributed by atoms with E-state index in [0.717, 1.165) is 12.8 Å². The molecule has 2 rings (SSSR count). The minimum atomic E-state index is -0.177. The molecule has 1 saturated carbocycles. The van der Waals surface area contributed by atoms with Gasteiger partial charge in [0.2, 0.25) is 0 Å². The quantitative estimate of drug-likeness (QED) is 0.815. The van der Waals surface area contributed by atoms with E-state index in [1.165, 1.54) is 6.42 Å². The Morgan fingerprint density at radius 1 is 1.57 bits per heavy atom. The van der Waals surface area contributed by atoms with Crippen molar-refractivity contribution < 1.29 is 9.90 Å². The van der Waals surface area contributed by atoms with Gasteiger partial charge in [0.05, 0.1) is 12.2 Å². The van der Waals surface area contributed by atoms with Gasteiger partial charge in [0, 0.05) is 23.9 Å². The number of nitrogens with zero attached hydrogens (tertiary/aromatic N) is 1. The van der Waals surface area contributed by atoms with Crippen LogP contribution in [-0.4, -0.2) is 40.2 Å². The van der Waals surface area contributed by atoms with E-state index in [4.69, 9.17) is 5.11 Å². The van der Waals surface area contributed by atoms with Crippen LogP contribution < -0.4 is 5.32 Å². The highest BCUT2D eigenvalue weighted by Crippen LogP contribution is 2.42. The van der Waals surface area contributed by atoms with Crippen molar-refractivity contribution in [3.63, 3.8) is 0 Å². The van der Waals surface area contributed by atoms with Gasteiger partial charge in [-0.1, -0.05) is 18.3 Å².